The number of nitrogens with one attached hydrogen (secondary N) is 1. The van der Waals surface area contributed by atoms with Crippen LogP contribution >= 0.6 is 24.0 Å². The van der Waals surface area contributed by atoms with E-state index in [1.165, 1.54) is 0 Å². The molecule has 0 amide bonds. The van der Waals surface area contributed by atoms with Crippen LogP contribution < -0.4 is 25.3 Å². The van der Waals surface area contributed by atoms with E-state index in [2.05, 4.69) is 10.3 Å². The maximum atomic E-state index is 5.89. The number of para-hydroxylation sites is 1. The number of rotatable bonds is 10. The third kappa shape index (κ3) is 8.38. The highest BCUT2D eigenvalue weighted by molar-refractivity contribution is 14.0. The van der Waals surface area contributed by atoms with Crippen molar-refractivity contribution in [3.05, 3.63) is 54.1 Å². The molecule has 0 saturated heterocycles. The van der Waals surface area contributed by atoms with E-state index >= 15 is 0 Å². The molecule has 148 valence electrons. The van der Waals surface area contributed by atoms with E-state index in [0.29, 0.717) is 25.7 Å². The zero-order chi connectivity index (χ0) is 18.6. The number of halogens is 1. The summed E-state index contributed by atoms with van der Waals surface area (Å²) in [4.78, 5) is 4.31. The van der Waals surface area contributed by atoms with Gasteiger partial charge < -0.3 is 25.3 Å². The zero-order valence-electron chi connectivity index (χ0n) is 15.8. The molecule has 3 N–H and O–H groups in total. The minimum atomic E-state index is 0. The van der Waals surface area contributed by atoms with Crippen LogP contribution in [0, 0.1) is 0 Å². The van der Waals surface area contributed by atoms with E-state index < -0.39 is 0 Å². The van der Waals surface area contributed by atoms with Crippen molar-refractivity contribution in [3.63, 3.8) is 0 Å². The van der Waals surface area contributed by atoms with Gasteiger partial charge in [-0.3, -0.25) is 4.99 Å². The van der Waals surface area contributed by atoms with Gasteiger partial charge in [0.2, 0.25) is 0 Å². The van der Waals surface area contributed by atoms with Gasteiger partial charge in [0, 0.05) is 19.5 Å². The van der Waals surface area contributed by atoms with E-state index in [-0.39, 0.29) is 24.0 Å². The first-order valence-corrected chi connectivity index (χ1v) is 8.65. The van der Waals surface area contributed by atoms with Crippen LogP contribution in [0.15, 0.2) is 53.5 Å². The second-order valence-corrected chi connectivity index (χ2v) is 5.65. The normalized spacial score (nSPS) is 10.7. The predicted molar refractivity (Wildman–Crippen MR) is 120 cm³/mol. The summed E-state index contributed by atoms with van der Waals surface area (Å²) in [6.07, 6.45) is 1.63. The first-order chi connectivity index (χ1) is 12.7. The van der Waals surface area contributed by atoms with E-state index in [4.69, 9.17) is 19.9 Å². The summed E-state index contributed by atoms with van der Waals surface area (Å²) in [6.45, 7) is 1.94. The van der Waals surface area contributed by atoms with Crippen molar-refractivity contribution in [2.45, 2.75) is 12.8 Å². The molecule has 0 saturated carbocycles. The van der Waals surface area contributed by atoms with E-state index in [9.17, 15) is 0 Å². The molecule has 2 aromatic carbocycles. The van der Waals surface area contributed by atoms with Crippen molar-refractivity contribution < 1.29 is 14.2 Å². The van der Waals surface area contributed by atoms with E-state index in [0.717, 1.165) is 35.7 Å². The molecule has 0 heterocycles. The summed E-state index contributed by atoms with van der Waals surface area (Å²) in [5.74, 6) is 2.77. The number of nitrogens with two attached hydrogens (primary N) is 1. The minimum absolute atomic E-state index is 0. The van der Waals surface area contributed by atoms with Crippen molar-refractivity contribution in [1.82, 2.24) is 5.32 Å². The second-order valence-electron chi connectivity index (χ2n) is 5.65. The first kappa shape index (κ1) is 22.9. The maximum Gasteiger partial charge on any atom is 0.188 e. The number of ether oxygens (including phenoxy) is 3. The Labute approximate surface area is 178 Å². The molecule has 7 heteroatoms. The molecule has 6 nitrogen and oxygen atoms in total. The fourth-order valence-electron chi connectivity index (χ4n) is 2.40. The zero-order valence-corrected chi connectivity index (χ0v) is 18.1. The van der Waals surface area contributed by atoms with Gasteiger partial charge in [-0.2, -0.15) is 0 Å². The average Bonchev–Trinajstić information content (AvgIpc) is 2.68. The van der Waals surface area contributed by atoms with Crippen LogP contribution in [-0.4, -0.2) is 39.9 Å². The number of guanidine groups is 1. The Morgan fingerprint density at radius 3 is 2.48 bits per heavy atom. The molecule has 0 atom stereocenters. The Hall–Kier alpha value is -2.16. The van der Waals surface area contributed by atoms with Gasteiger partial charge in [0.15, 0.2) is 17.5 Å². The molecule has 2 rings (SSSR count). The minimum Gasteiger partial charge on any atom is -0.494 e. The summed E-state index contributed by atoms with van der Waals surface area (Å²) in [6, 6.07) is 15.6. The highest BCUT2D eigenvalue weighted by Gasteiger charge is 2.04. The maximum absolute atomic E-state index is 5.89. The topological polar surface area (TPSA) is 78.1 Å². The van der Waals surface area contributed by atoms with Crippen LogP contribution in [0.3, 0.4) is 0 Å². The quantitative estimate of drug-likeness (QED) is 0.234. The second kappa shape index (κ2) is 13.1. The fraction of sp³-hybridized carbons (Fsp3) is 0.350. The van der Waals surface area contributed by atoms with Gasteiger partial charge in [-0.15, -0.1) is 24.0 Å². The third-order valence-electron chi connectivity index (χ3n) is 3.76. The predicted octanol–water partition coefficient (Wildman–Crippen LogP) is 3.24. The SMILES string of the molecule is COc1ccc(CCNC(N)=NCCCOc2ccccc2)cc1OC.I. The Kier molecular flexibility index (Phi) is 11.1. The summed E-state index contributed by atoms with van der Waals surface area (Å²) < 4.78 is 16.2. The third-order valence-corrected chi connectivity index (χ3v) is 3.76. The number of methoxy groups -OCH3 is 2. The number of nitrogens with zero attached hydrogens (tertiary/aromatic N) is 1. The van der Waals surface area contributed by atoms with Gasteiger partial charge >= 0.3 is 0 Å². The monoisotopic (exact) mass is 485 g/mol. The Balaban J connectivity index is 0.00000364. The van der Waals surface area contributed by atoms with Crippen molar-refractivity contribution in [3.8, 4) is 17.2 Å². The van der Waals surface area contributed by atoms with Gasteiger partial charge in [0.05, 0.1) is 20.8 Å². The van der Waals surface area contributed by atoms with Crippen LogP contribution in [0.4, 0.5) is 0 Å². The molecular weight excluding hydrogens is 457 g/mol. The summed E-state index contributed by atoms with van der Waals surface area (Å²) in [7, 11) is 3.26. The number of aliphatic imine (C=N–C) groups is 1. The molecule has 0 aliphatic rings. The van der Waals surface area contributed by atoms with Crippen LogP contribution in [0.5, 0.6) is 17.2 Å². The largest absolute Gasteiger partial charge is 0.494 e. The van der Waals surface area contributed by atoms with Gasteiger partial charge in [-0.25, -0.2) is 0 Å². The van der Waals surface area contributed by atoms with Gasteiger partial charge in [-0.05, 0) is 36.2 Å². The Morgan fingerprint density at radius 1 is 1.04 bits per heavy atom. The molecule has 0 unspecified atom stereocenters. The molecule has 0 fully saturated rings. The van der Waals surface area contributed by atoms with Gasteiger partial charge in [-0.1, -0.05) is 24.3 Å². The molecule has 0 bridgehead atoms. The highest BCUT2D eigenvalue weighted by atomic mass is 127. The lowest BCUT2D eigenvalue weighted by molar-refractivity contribution is 0.313. The summed E-state index contributed by atoms with van der Waals surface area (Å²) in [5.41, 5.74) is 7.02. The van der Waals surface area contributed by atoms with Crippen LogP contribution in [0.25, 0.3) is 0 Å². The summed E-state index contributed by atoms with van der Waals surface area (Å²) >= 11 is 0. The van der Waals surface area contributed by atoms with Crippen LogP contribution in [0.1, 0.15) is 12.0 Å². The number of benzene rings is 2. The molecular formula is C20H28IN3O3. The van der Waals surface area contributed by atoms with Crippen molar-refractivity contribution >= 4 is 29.9 Å². The smallest absolute Gasteiger partial charge is 0.188 e. The van der Waals surface area contributed by atoms with E-state index in [1.54, 1.807) is 14.2 Å². The lowest BCUT2D eigenvalue weighted by atomic mass is 10.1. The Morgan fingerprint density at radius 2 is 1.78 bits per heavy atom. The lowest BCUT2D eigenvalue weighted by Crippen LogP contribution is -2.33. The molecule has 0 aromatic heterocycles. The Bertz CT molecular complexity index is 696. The highest BCUT2D eigenvalue weighted by Crippen LogP contribution is 2.27. The number of hydrogen-bond donors (Lipinski definition) is 2. The van der Waals surface area contributed by atoms with Crippen molar-refractivity contribution in [2.75, 3.05) is 33.9 Å². The number of hydrogen-bond acceptors (Lipinski definition) is 4. The van der Waals surface area contributed by atoms with E-state index in [1.807, 2.05) is 48.5 Å². The molecule has 0 aliphatic carbocycles. The first-order valence-electron chi connectivity index (χ1n) is 8.65. The lowest BCUT2D eigenvalue weighted by Gasteiger charge is -2.10. The van der Waals surface area contributed by atoms with Crippen molar-refractivity contribution in [2.24, 2.45) is 10.7 Å². The van der Waals surface area contributed by atoms with Crippen LogP contribution in [-0.2, 0) is 6.42 Å². The molecule has 2 aromatic rings. The molecule has 0 aliphatic heterocycles. The standard InChI is InChI=1S/C20H27N3O3.HI/c1-24-18-10-9-16(15-19(18)25-2)11-13-23-20(21)22-12-6-14-26-17-7-4-3-5-8-17;/h3-5,7-10,15H,6,11-14H2,1-2H3,(H3,21,22,23);1H. The average molecular weight is 485 g/mol. The van der Waals surface area contributed by atoms with Gasteiger partial charge in [0.25, 0.3) is 0 Å². The fourth-order valence-corrected chi connectivity index (χ4v) is 2.40. The molecule has 0 radical (unpaired) electrons. The molecule has 27 heavy (non-hydrogen) atoms. The summed E-state index contributed by atoms with van der Waals surface area (Å²) in [5, 5.41) is 3.12. The van der Waals surface area contributed by atoms with Crippen LogP contribution in [0.2, 0.25) is 0 Å². The van der Waals surface area contributed by atoms with Gasteiger partial charge in [0.1, 0.15) is 5.75 Å². The molecule has 0 spiro atoms. The van der Waals surface area contributed by atoms with Crippen molar-refractivity contribution in [1.29, 1.82) is 0 Å².